The zero-order chi connectivity index (χ0) is 22.5. The van der Waals surface area contributed by atoms with Gasteiger partial charge in [0.1, 0.15) is 12.6 Å². The standard InChI is InChI=1S/C28H18O4/c29-17-19-1-5-21(6-2-19)23-9-13-25(14-10-23)27(31)28(32)26-15-11-24(12-16-26)22-7-3-20(18-30)4-8-22/h1-18H. The Bertz CT molecular complexity index is 1180. The van der Waals surface area contributed by atoms with E-state index in [1.165, 1.54) is 0 Å². The zero-order valence-electron chi connectivity index (χ0n) is 17.0. The molecule has 4 heteroatoms. The number of carbonyl (C=O) groups excluding carboxylic acids is 4. The summed E-state index contributed by atoms with van der Waals surface area (Å²) in [4.78, 5) is 46.9. The first-order valence-corrected chi connectivity index (χ1v) is 9.99. The van der Waals surface area contributed by atoms with Crippen LogP contribution in [-0.4, -0.2) is 24.1 Å². The van der Waals surface area contributed by atoms with Crippen LogP contribution in [0.15, 0.2) is 97.1 Å². The fourth-order valence-corrected chi connectivity index (χ4v) is 3.40. The molecule has 4 aromatic carbocycles. The molecule has 0 atom stereocenters. The van der Waals surface area contributed by atoms with Gasteiger partial charge in [-0.3, -0.25) is 19.2 Å². The van der Waals surface area contributed by atoms with E-state index in [0.29, 0.717) is 22.3 Å². The van der Waals surface area contributed by atoms with E-state index in [4.69, 9.17) is 0 Å². The molecule has 4 aromatic rings. The largest absolute Gasteiger partial charge is 0.298 e. The summed E-state index contributed by atoms with van der Waals surface area (Å²) in [6.07, 6.45) is 1.57. The molecule has 0 fully saturated rings. The van der Waals surface area contributed by atoms with E-state index in [0.717, 1.165) is 34.8 Å². The fourth-order valence-electron chi connectivity index (χ4n) is 3.40. The first-order chi connectivity index (χ1) is 15.6. The molecular formula is C28H18O4. The van der Waals surface area contributed by atoms with Gasteiger partial charge in [-0.1, -0.05) is 97.1 Å². The number of hydrogen-bond donors (Lipinski definition) is 0. The lowest BCUT2D eigenvalue weighted by Gasteiger charge is -2.06. The Kier molecular flexibility index (Phi) is 5.95. The molecule has 0 aliphatic carbocycles. The summed E-state index contributed by atoms with van der Waals surface area (Å²) < 4.78 is 0. The van der Waals surface area contributed by atoms with Gasteiger partial charge in [-0.15, -0.1) is 0 Å². The van der Waals surface area contributed by atoms with Gasteiger partial charge in [0.05, 0.1) is 0 Å². The maximum atomic E-state index is 12.7. The van der Waals surface area contributed by atoms with Gasteiger partial charge in [0.15, 0.2) is 0 Å². The Morgan fingerprint density at radius 2 is 0.656 bits per heavy atom. The molecule has 0 unspecified atom stereocenters. The van der Waals surface area contributed by atoms with Gasteiger partial charge in [-0.2, -0.15) is 0 Å². The van der Waals surface area contributed by atoms with Crippen molar-refractivity contribution in [3.8, 4) is 22.3 Å². The highest BCUT2D eigenvalue weighted by molar-refractivity contribution is 6.49. The van der Waals surface area contributed by atoms with Crippen molar-refractivity contribution in [3.63, 3.8) is 0 Å². The van der Waals surface area contributed by atoms with E-state index < -0.39 is 11.6 Å². The molecule has 0 spiro atoms. The van der Waals surface area contributed by atoms with Crippen molar-refractivity contribution in [3.05, 3.63) is 119 Å². The summed E-state index contributed by atoms with van der Waals surface area (Å²) in [5.41, 5.74) is 5.42. The molecule has 32 heavy (non-hydrogen) atoms. The second kappa shape index (κ2) is 9.14. The number of rotatable bonds is 7. The summed E-state index contributed by atoms with van der Waals surface area (Å²) in [6, 6.07) is 27.9. The minimum atomic E-state index is -0.573. The Morgan fingerprint density at radius 3 is 0.906 bits per heavy atom. The third-order valence-electron chi connectivity index (χ3n) is 5.26. The molecule has 154 valence electrons. The monoisotopic (exact) mass is 418 g/mol. The Labute approximate surface area is 185 Å². The normalized spacial score (nSPS) is 10.4. The van der Waals surface area contributed by atoms with E-state index >= 15 is 0 Å². The zero-order valence-corrected chi connectivity index (χ0v) is 17.0. The van der Waals surface area contributed by atoms with Crippen LogP contribution in [0.25, 0.3) is 22.3 Å². The minimum absolute atomic E-state index is 0.316. The van der Waals surface area contributed by atoms with Crippen molar-refractivity contribution >= 4 is 24.1 Å². The van der Waals surface area contributed by atoms with Crippen LogP contribution in [0.1, 0.15) is 41.4 Å². The first-order valence-electron chi connectivity index (χ1n) is 9.99. The van der Waals surface area contributed by atoms with E-state index in [1.807, 2.05) is 24.3 Å². The van der Waals surface area contributed by atoms with Crippen molar-refractivity contribution in [2.24, 2.45) is 0 Å². The van der Waals surface area contributed by atoms with Crippen molar-refractivity contribution in [2.45, 2.75) is 0 Å². The Balaban J connectivity index is 1.49. The molecular weight excluding hydrogens is 400 g/mol. The average molecular weight is 418 g/mol. The number of Topliss-reactive ketones (excluding diaryl/α,β-unsaturated/α-hetero) is 2. The first kappa shape index (κ1) is 20.8. The number of hydrogen-bond acceptors (Lipinski definition) is 4. The minimum Gasteiger partial charge on any atom is -0.298 e. The van der Waals surface area contributed by atoms with Crippen LogP contribution in [0, 0.1) is 0 Å². The van der Waals surface area contributed by atoms with Gasteiger partial charge in [0.2, 0.25) is 11.6 Å². The van der Waals surface area contributed by atoms with Gasteiger partial charge in [0.25, 0.3) is 0 Å². The van der Waals surface area contributed by atoms with E-state index in [1.54, 1.807) is 72.8 Å². The molecule has 4 nitrogen and oxygen atoms in total. The molecule has 0 saturated carbocycles. The van der Waals surface area contributed by atoms with Crippen LogP contribution in [-0.2, 0) is 0 Å². The third-order valence-corrected chi connectivity index (χ3v) is 5.26. The third kappa shape index (κ3) is 4.35. The second-order valence-corrected chi connectivity index (χ2v) is 7.29. The lowest BCUT2D eigenvalue weighted by Crippen LogP contribution is -2.14. The van der Waals surface area contributed by atoms with Gasteiger partial charge in [-0.05, 0) is 22.3 Å². The van der Waals surface area contributed by atoms with E-state index in [2.05, 4.69) is 0 Å². The summed E-state index contributed by atoms with van der Waals surface area (Å²) in [7, 11) is 0. The molecule has 0 N–H and O–H groups in total. The van der Waals surface area contributed by atoms with Crippen LogP contribution in [0.4, 0.5) is 0 Å². The van der Waals surface area contributed by atoms with Crippen molar-refractivity contribution < 1.29 is 19.2 Å². The maximum absolute atomic E-state index is 12.7. The van der Waals surface area contributed by atoms with Crippen LogP contribution in [0.5, 0.6) is 0 Å². The lowest BCUT2D eigenvalue weighted by molar-refractivity contribution is 0.0817. The quantitative estimate of drug-likeness (QED) is 0.219. The highest BCUT2D eigenvalue weighted by Gasteiger charge is 2.18. The van der Waals surface area contributed by atoms with Crippen molar-refractivity contribution in [1.29, 1.82) is 0 Å². The highest BCUT2D eigenvalue weighted by atomic mass is 16.2. The van der Waals surface area contributed by atoms with Crippen molar-refractivity contribution in [2.75, 3.05) is 0 Å². The van der Waals surface area contributed by atoms with E-state index in [9.17, 15) is 19.2 Å². The van der Waals surface area contributed by atoms with Gasteiger partial charge in [0, 0.05) is 22.3 Å². The molecule has 0 amide bonds. The van der Waals surface area contributed by atoms with Gasteiger partial charge in [-0.25, -0.2) is 0 Å². The van der Waals surface area contributed by atoms with Crippen LogP contribution in [0.2, 0.25) is 0 Å². The summed E-state index contributed by atoms with van der Waals surface area (Å²) in [5.74, 6) is -1.15. The number of ketones is 2. The second-order valence-electron chi connectivity index (χ2n) is 7.29. The molecule has 0 aromatic heterocycles. The molecule has 0 heterocycles. The van der Waals surface area contributed by atoms with Gasteiger partial charge < -0.3 is 0 Å². The van der Waals surface area contributed by atoms with Crippen LogP contribution < -0.4 is 0 Å². The van der Waals surface area contributed by atoms with E-state index in [-0.39, 0.29) is 0 Å². The molecule has 4 rings (SSSR count). The van der Waals surface area contributed by atoms with Crippen LogP contribution in [0.3, 0.4) is 0 Å². The number of benzene rings is 4. The maximum Gasteiger partial charge on any atom is 0.233 e. The molecule has 0 aliphatic rings. The summed E-state index contributed by atoms with van der Waals surface area (Å²) >= 11 is 0. The van der Waals surface area contributed by atoms with Crippen molar-refractivity contribution in [1.82, 2.24) is 0 Å². The SMILES string of the molecule is O=Cc1ccc(-c2ccc(C(=O)C(=O)c3ccc(-c4ccc(C=O)cc4)cc3)cc2)cc1. The number of aldehydes is 2. The predicted octanol–water partition coefficient (Wildman–Crippen LogP) is 5.71. The fraction of sp³-hybridized carbons (Fsp3) is 0. The van der Waals surface area contributed by atoms with Gasteiger partial charge >= 0.3 is 0 Å². The Hall–Kier alpha value is -4.44. The summed E-state index contributed by atoms with van der Waals surface area (Å²) in [6.45, 7) is 0. The molecule has 0 aliphatic heterocycles. The number of carbonyl (C=O) groups is 4. The molecule has 0 radical (unpaired) electrons. The molecule has 0 bridgehead atoms. The lowest BCUT2D eigenvalue weighted by atomic mass is 9.96. The average Bonchev–Trinajstić information content (AvgIpc) is 2.88. The summed E-state index contributed by atoms with van der Waals surface area (Å²) in [5, 5.41) is 0. The highest BCUT2D eigenvalue weighted by Crippen LogP contribution is 2.23. The van der Waals surface area contributed by atoms with Crippen LogP contribution >= 0.6 is 0 Å². The topological polar surface area (TPSA) is 68.3 Å². The Morgan fingerprint density at radius 1 is 0.406 bits per heavy atom. The predicted molar refractivity (Wildman–Crippen MR) is 123 cm³/mol. The smallest absolute Gasteiger partial charge is 0.233 e. The molecule has 0 saturated heterocycles.